The van der Waals surface area contributed by atoms with Crippen molar-refractivity contribution in [3.8, 4) is 0 Å². The number of aryl methyl sites for hydroxylation is 1. The summed E-state index contributed by atoms with van der Waals surface area (Å²) in [6.45, 7) is 5.64. The summed E-state index contributed by atoms with van der Waals surface area (Å²) < 4.78 is 0. The summed E-state index contributed by atoms with van der Waals surface area (Å²) in [5.41, 5.74) is 8.74. The number of hydrogen-bond donors (Lipinski definition) is 1. The highest BCUT2D eigenvalue weighted by Crippen LogP contribution is 2.12. The van der Waals surface area contributed by atoms with E-state index in [-0.39, 0.29) is 36.8 Å². The molecule has 0 radical (unpaired) electrons. The molecule has 1 saturated heterocycles. The van der Waals surface area contributed by atoms with Crippen LogP contribution in [0, 0.1) is 6.92 Å². The number of nitrogens with zero attached hydrogens (tertiary/aromatic N) is 2. The molecular formula is C18H31Cl2N3O. The highest BCUT2D eigenvalue weighted by Gasteiger charge is 2.22. The number of rotatable bonds is 6. The number of benzene rings is 1. The van der Waals surface area contributed by atoms with Crippen molar-refractivity contribution in [1.29, 1.82) is 0 Å². The van der Waals surface area contributed by atoms with E-state index in [0.717, 1.165) is 45.4 Å². The van der Waals surface area contributed by atoms with Gasteiger partial charge in [0, 0.05) is 26.2 Å². The minimum absolute atomic E-state index is 0. The van der Waals surface area contributed by atoms with Gasteiger partial charge in [-0.3, -0.25) is 4.79 Å². The molecule has 0 bridgehead atoms. The van der Waals surface area contributed by atoms with E-state index in [1.54, 1.807) is 0 Å². The average Bonchev–Trinajstić information content (AvgIpc) is 2.55. The van der Waals surface area contributed by atoms with Crippen molar-refractivity contribution >= 4 is 30.7 Å². The fraction of sp³-hybridized carbons (Fsp3) is 0.611. The third-order valence-electron chi connectivity index (χ3n) is 4.51. The van der Waals surface area contributed by atoms with Crippen LogP contribution < -0.4 is 5.73 Å². The molecule has 1 amide bonds. The van der Waals surface area contributed by atoms with Crippen molar-refractivity contribution < 1.29 is 4.79 Å². The molecule has 1 aromatic carbocycles. The van der Waals surface area contributed by atoms with E-state index in [1.165, 1.54) is 17.5 Å². The van der Waals surface area contributed by atoms with Crippen LogP contribution in [0.4, 0.5) is 0 Å². The maximum Gasteiger partial charge on any atom is 0.239 e. The van der Waals surface area contributed by atoms with Gasteiger partial charge < -0.3 is 15.5 Å². The predicted octanol–water partition coefficient (Wildman–Crippen LogP) is 3.00. The van der Waals surface area contributed by atoms with Crippen molar-refractivity contribution in [3.05, 3.63) is 35.4 Å². The summed E-state index contributed by atoms with van der Waals surface area (Å²) in [6.07, 6.45) is 4.19. The number of likely N-dealkylation sites (tertiary alicyclic amines) is 1. The van der Waals surface area contributed by atoms with Gasteiger partial charge in [0.05, 0.1) is 6.04 Å². The fourth-order valence-electron chi connectivity index (χ4n) is 2.99. The van der Waals surface area contributed by atoms with Crippen LogP contribution in [0.2, 0.25) is 0 Å². The molecule has 4 nitrogen and oxygen atoms in total. The molecule has 1 aliphatic heterocycles. The highest BCUT2D eigenvalue weighted by atomic mass is 35.5. The Morgan fingerprint density at radius 1 is 1.21 bits per heavy atom. The maximum atomic E-state index is 12.3. The molecule has 2 rings (SSSR count). The SMILES string of the molecule is Cc1ccccc1CN(C)CCC(N)C(=O)N1CCCCC1.Cl.Cl. The maximum absolute atomic E-state index is 12.3. The molecule has 1 aliphatic rings. The number of carbonyl (C=O) groups excluding carboxylic acids is 1. The third-order valence-corrected chi connectivity index (χ3v) is 4.51. The molecular weight excluding hydrogens is 345 g/mol. The Kier molecular flexibility index (Phi) is 11.3. The Labute approximate surface area is 158 Å². The highest BCUT2D eigenvalue weighted by molar-refractivity contribution is 5.85. The fourth-order valence-corrected chi connectivity index (χ4v) is 2.99. The van der Waals surface area contributed by atoms with Crippen LogP contribution >= 0.6 is 24.8 Å². The van der Waals surface area contributed by atoms with E-state index in [4.69, 9.17) is 5.73 Å². The Morgan fingerprint density at radius 2 is 1.83 bits per heavy atom. The Bertz CT molecular complexity index is 493. The minimum atomic E-state index is -0.363. The first-order chi connectivity index (χ1) is 10.6. The van der Waals surface area contributed by atoms with Gasteiger partial charge in [0.15, 0.2) is 0 Å². The largest absolute Gasteiger partial charge is 0.341 e. The summed E-state index contributed by atoms with van der Waals surface area (Å²) in [5.74, 6) is 0.129. The quantitative estimate of drug-likeness (QED) is 0.831. The van der Waals surface area contributed by atoms with E-state index in [1.807, 2.05) is 4.90 Å². The predicted molar refractivity (Wildman–Crippen MR) is 105 cm³/mol. The van der Waals surface area contributed by atoms with Crippen LogP contribution in [-0.2, 0) is 11.3 Å². The van der Waals surface area contributed by atoms with E-state index in [0.29, 0.717) is 0 Å². The standard InChI is InChI=1S/C18H29N3O.2ClH/c1-15-8-4-5-9-16(15)14-20(2)13-10-17(19)18(22)21-11-6-3-7-12-21;;/h4-5,8-9,17H,3,6-7,10-14,19H2,1-2H3;2*1H. The second-order valence-corrected chi connectivity index (χ2v) is 6.45. The van der Waals surface area contributed by atoms with Gasteiger partial charge >= 0.3 is 0 Å². The Balaban J connectivity index is 0.00000264. The van der Waals surface area contributed by atoms with Crippen LogP contribution in [0.3, 0.4) is 0 Å². The second kappa shape index (κ2) is 11.7. The molecule has 0 aromatic heterocycles. The number of carbonyl (C=O) groups is 1. The molecule has 1 fully saturated rings. The van der Waals surface area contributed by atoms with Gasteiger partial charge in [-0.1, -0.05) is 24.3 Å². The molecule has 1 aromatic rings. The topological polar surface area (TPSA) is 49.6 Å². The summed E-state index contributed by atoms with van der Waals surface area (Å²) in [4.78, 5) is 16.5. The third kappa shape index (κ3) is 6.98. The molecule has 2 N–H and O–H groups in total. The number of halogens is 2. The second-order valence-electron chi connectivity index (χ2n) is 6.45. The van der Waals surface area contributed by atoms with Gasteiger partial charge in [-0.2, -0.15) is 0 Å². The average molecular weight is 376 g/mol. The lowest BCUT2D eigenvalue weighted by Crippen LogP contribution is -2.47. The first-order valence-corrected chi connectivity index (χ1v) is 8.35. The van der Waals surface area contributed by atoms with Gasteiger partial charge in [-0.05, 0) is 50.8 Å². The van der Waals surface area contributed by atoms with Gasteiger partial charge in [0.1, 0.15) is 0 Å². The van der Waals surface area contributed by atoms with Gasteiger partial charge in [0.2, 0.25) is 5.91 Å². The summed E-state index contributed by atoms with van der Waals surface area (Å²) in [7, 11) is 2.09. The molecule has 1 atom stereocenters. The summed E-state index contributed by atoms with van der Waals surface area (Å²) >= 11 is 0. The smallest absolute Gasteiger partial charge is 0.239 e. The van der Waals surface area contributed by atoms with Crippen LogP contribution in [0.5, 0.6) is 0 Å². The van der Waals surface area contributed by atoms with E-state index in [2.05, 4.69) is 43.1 Å². The number of piperidine rings is 1. The van der Waals surface area contributed by atoms with E-state index >= 15 is 0 Å². The molecule has 24 heavy (non-hydrogen) atoms. The van der Waals surface area contributed by atoms with Crippen LogP contribution in [0.1, 0.15) is 36.8 Å². The van der Waals surface area contributed by atoms with Crippen LogP contribution in [-0.4, -0.2) is 48.4 Å². The minimum Gasteiger partial charge on any atom is -0.341 e. The molecule has 1 heterocycles. The van der Waals surface area contributed by atoms with E-state index in [9.17, 15) is 4.79 Å². The lowest BCUT2D eigenvalue weighted by molar-refractivity contribution is -0.133. The number of hydrogen-bond acceptors (Lipinski definition) is 3. The van der Waals surface area contributed by atoms with Gasteiger partial charge in [-0.15, -0.1) is 24.8 Å². The van der Waals surface area contributed by atoms with Gasteiger partial charge in [0.25, 0.3) is 0 Å². The summed E-state index contributed by atoms with van der Waals surface area (Å²) in [6, 6.07) is 8.06. The Hall–Kier alpha value is -0.810. The van der Waals surface area contributed by atoms with Crippen LogP contribution in [0.15, 0.2) is 24.3 Å². The monoisotopic (exact) mass is 375 g/mol. The van der Waals surface area contributed by atoms with Crippen LogP contribution in [0.25, 0.3) is 0 Å². The zero-order valence-electron chi connectivity index (χ0n) is 14.7. The molecule has 0 saturated carbocycles. The van der Waals surface area contributed by atoms with Crippen molar-refractivity contribution in [2.75, 3.05) is 26.7 Å². The number of amides is 1. The first-order valence-electron chi connectivity index (χ1n) is 8.35. The van der Waals surface area contributed by atoms with Crippen molar-refractivity contribution in [1.82, 2.24) is 9.80 Å². The van der Waals surface area contributed by atoms with E-state index < -0.39 is 0 Å². The van der Waals surface area contributed by atoms with Gasteiger partial charge in [-0.25, -0.2) is 0 Å². The molecule has 6 heteroatoms. The molecule has 0 aliphatic carbocycles. The lowest BCUT2D eigenvalue weighted by atomic mass is 10.1. The molecule has 0 spiro atoms. The van der Waals surface area contributed by atoms with Crippen molar-refractivity contribution in [2.45, 2.75) is 45.2 Å². The zero-order chi connectivity index (χ0) is 15.9. The molecule has 138 valence electrons. The lowest BCUT2D eigenvalue weighted by Gasteiger charge is -2.29. The van der Waals surface area contributed by atoms with Crippen molar-refractivity contribution in [3.63, 3.8) is 0 Å². The number of nitrogens with two attached hydrogens (primary N) is 1. The normalized spacial score (nSPS) is 15.4. The van der Waals surface area contributed by atoms with Crippen molar-refractivity contribution in [2.24, 2.45) is 5.73 Å². The molecule has 1 unspecified atom stereocenters. The Morgan fingerprint density at radius 3 is 2.46 bits per heavy atom. The first kappa shape index (κ1) is 23.2. The summed E-state index contributed by atoms with van der Waals surface area (Å²) in [5, 5.41) is 0. The zero-order valence-corrected chi connectivity index (χ0v) is 16.4.